The molecule has 0 aliphatic carbocycles. The molecule has 68 valence electrons. The number of hydrogen-bond donors (Lipinski definition) is 1. The van der Waals surface area contributed by atoms with E-state index < -0.39 is 5.24 Å². The predicted molar refractivity (Wildman–Crippen MR) is 53.5 cm³/mol. The van der Waals surface area contributed by atoms with Gasteiger partial charge in [0.2, 0.25) is 0 Å². The fraction of sp³-hybridized carbons (Fsp3) is 0. The van der Waals surface area contributed by atoms with Gasteiger partial charge in [-0.05, 0) is 23.7 Å². The molecular weight excluding hydrogens is 211 g/mol. The van der Waals surface area contributed by atoms with Crippen molar-refractivity contribution in [1.82, 2.24) is 9.97 Å². The monoisotopic (exact) mass is 216 g/mol. The molecule has 0 amide bonds. The molecule has 0 aliphatic heterocycles. The number of nitrogens with one attached hydrogen (secondary N) is 1. The first-order valence-corrected chi connectivity index (χ1v) is 3.80. The smallest absolute Gasteiger partial charge is 0.287 e. The number of para-hydroxylation sites is 2. The molecule has 0 radical (unpaired) electrons. The molecule has 13 heavy (non-hydrogen) atoms. The molecule has 0 unspecified atom stereocenters. The summed E-state index contributed by atoms with van der Waals surface area (Å²) in [5, 5.41) is -0.564. The van der Waals surface area contributed by atoms with Crippen LogP contribution in [0.1, 0.15) is 10.6 Å². The van der Waals surface area contributed by atoms with Gasteiger partial charge in [-0.25, -0.2) is 4.98 Å². The van der Waals surface area contributed by atoms with Crippen molar-refractivity contribution >= 4 is 40.3 Å². The molecule has 2 rings (SSSR count). The Morgan fingerprint density at radius 1 is 1.38 bits per heavy atom. The van der Waals surface area contributed by atoms with Crippen molar-refractivity contribution in [3.05, 3.63) is 30.1 Å². The van der Waals surface area contributed by atoms with Gasteiger partial charge in [-0.15, -0.1) is 12.4 Å². The van der Waals surface area contributed by atoms with E-state index in [1.54, 1.807) is 0 Å². The normalized spacial score (nSPS) is 9.62. The minimum Gasteiger partial charge on any atom is -0.334 e. The van der Waals surface area contributed by atoms with Crippen LogP contribution >= 0.6 is 24.0 Å². The van der Waals surface area contributed by atoms with Crippen molar-refractivity contribution in [3.8, 4) is 0 Å². The number of H-pyrrole nitrogens is 1. The van der Waals surface area contributed by atoms with Crippen LogP contribution in [-0.2, 0) is 0 Å². The summed E-state index contributed by atoms with van der Waals surface area (Å²) in [5.41, 5.74) is 1.57. The quantitative estimate of drug-likeness (QED) is 0.745. The van der Waals surface area contributed by atoms with Crippen molar-refractivity contribution in [2.75, 3.05) is 0 Å². The van der Waals surface area contributed by atoms with E-state index in [0.717, 1.165) is 11.0 Å². The van der Waals surface area contributed by atoms with Crippen LogP contribution in [0.25, 0.3) is 11.0 Å². The van der Waals surface area contributed by atoms with Gasteiger partial charge in [0.25, 0.3) is 5.24 Å². The van der Waals surface area contributed by atoms with E-state index in [0.29, 0.717) is 0 Å². The summed E-state index contributed by atoms with van der Waals surface area (Å²) in [6.07, 6.45) is 0. The summed E-state index contributed by atoms with van der Waals surface area (Å²) in [6.45, 7) is 0. The fourth-order valence-corrected chi connectivity index (χ4v) is 1.14. The lowest BCUT2D eigenvalue weighted by Crippen LogP contribution is -1.89. The number of rotatable bonds is 1. The number of halogens is 2. The maximum absolute atomic E-state index is 10.7. The Labute approximate surface area is 85.5 Å². The molecule has 0 atom stereocenters. The molecule has 0 spiro atoms. The molecule has 0 aliphatic rings. The second-order valence-electron chi connectivity index (χ2n) is 2.38. The van der Waals surface area contributed by atoms with E-state index >= 15 is 0 Å². The Morgan fingerprint density at radius 3 is 2.69 bits per heavy atom. The van der Waals surface area contributed by atoms with Crippen LogP contribution in [0.3, 0.4) is 0 Å². The van der Waals surface area contributed by atoms with Gasteiger partial charge in [0, 0.05) is 0 Å². The second kappa shape index (κ2) is 3.77. The standard InChI is InChI=1S/C8H5ClN2O.ClH/c9-7(12)8-10-5-3-1-2-4-6(5)11-8;/h1-4H,(H,10,11);1H. The number of aromatic amines is 1. The molecule has 1 N–H and O–H groups in total. The molecular formula is C8H6Cl2N2O. The molecule has 1 heterocycles. The van der Waals surface area contributed by atoms with E-state index in [2.05, 4.69) is 9.97 Å². The summed E-state index contributed by atoms with van der Waals surface area (Å²) in [4.78, 5) is 17.5. The molecule has 1 aromatic carbocycles. The Hall–Kier alpha value is -1.06. The zero-order chi connectivity index (χ0) is 8.55. The molecule has 0 saturated heterocycles. The summed E-state index contributed by atoms with van der Waals surface area (Å²) >= 11 is 5.24. The van der Waals surface area contributed by atoms with Crippen LogP contribution < -0.4 is 0 Å². The number of fused-ring (bicyclic) bond motifs is 1. The topological polar surface area (TPSA) is 45.8 Å². The summed E-state index contributed by atoms with van der Waals surface area (Å²) in [7, 11) is 0. The van der Waals surface area contributed by atoms with Crippen molar-refractivity contribution < 1.29 is 4.79 Å². The largest absolute Gasteiger partial charge is 0.334 e. The molecule has 0 fully saturated rings. The minimum atomic E-state index is -0.564. The van der Waals surface area contributed by atoms with Crippen LogP contribution in [0, 0.1) is 0 Å². The van der Waals surface area contributed by atoms with Gasteiger partial charge >= 0.3 is 0 Å². The van der Waals surface area contributed by atoms with Gasteiger partial charge < -0.3 is 4.98 Å². The van der Waals surface area contributed by atoms with Crippen LogP contribution in [0.5, 0.6) is 0 Å². The number of carbonyl (C=O) groups excluding carboxylic acids is 1. The lowest BCUT2D eigenvalue weighted by atomic mass is 10.3. The number of benzene rings is 1. The Kier molecular flexibility index (Phi) is 2.90. The highest BCUT2D eigenvalue weighted by Crippen LogP contribution is 2.10. The maximum atomic E-state index is 10.7. The third-order valence-corrected chi connectivity index (χ3v) is 1.75. The van der Waals surface area contributed by atoms with Gasteiger partial charge in [-0.2, -0.15) is 0 Å². The number of aromatic nitrogens is 2. The third-order valence-electron chi connectivity index (χ3n) is 1.58. The molecule has 1 aromatic heterocycles. The Morgan fingerprint density at radius 2 is 2.08 bits per heavy atom. The highest BCUT2D eigenvalue weighted by atomic mass is 35.5. The van der Waals surface area contributed by atoms with E-state index in [-0.39, 0.29) is 18.2 Å². The second-order valence-corrected chi connectivity index (χ2v) is 2.72. The average Bonchev–Trinajstić information content (AvgIpc) is 2.46. The Bertz CT molecular complexity index is 405. The molecule has 5 heteroatoms. The highest BCUT2D eigenvalue weighted by Gasteiger charge is 2.06. The average molecular weight is 217 g/mol. The van der Waals surface area contributed by atoms with E-state index in [9.17, 15) is 4.79 Å². The predicted octanol–water partition coefficient (Wildman–Crippen LogP) is 2.36. The van der Waals surface area contributed by atoms with Gasteiger partial charge in [0.15, 0.2) is 5.82 Å². The molecule has 2 aromatic rings. The lowest BCUT2D eigenvalue weighted by Gasteiger charge is -1.81. The number of nitrogens with zero attached hydrogens (tertiary/aromatic N) is 1. The van der Waals surface area contributed by atoms with Crippen molar-refractivity contribution in [1.29, 1.82) is 0 Å². The van der Waals surface area contributed by atoms with Crippen molar-refractivity contribution in [2.24, 2.45) is 0 Å². The summed E-state index contributed by atoms with van der Waals surface area (Å²) < 4.78 is 0. The number of imidazole rings is 1. The summed E-state index contributed by atoms with van der Waals surface area (Å²) in [5.74, 6) is 0.192. The van der Waals surface area contributed by atoms with Crippen LogP contribution in [0.2, 0.25) is 0 Å². The van der Waals surface area contributed by atoms with Gasteiger partial charge in [-0.3, -0.25) is 4.79 Å². The van der Waals surface area contributed by atoms with E-state index in [4.69, 9.17) is 11.6 Å². The van der Waals surface area contributed by atoms with Crippen molar-refractivity contribution in [2.45, 2.75) is 0 Å². The van der Waals surface area contributed by atoms with Crippen molar-refractivity contribution in [3.63, 3.8) is 0 Å². The number of carbonyl (C=O) groups is 1. The SMILES string of the molecule is Cl.O=C(Cl)c1nc2ccccc2[nH]1. The Balaban J connectivity index is 0.000000845. The molecule has 0 saturated carbocycles. The highest BCUT2D eigenvalue weighted by molar-refractivity contribution is 6.67. The minimum absolute atomic E-state index is 0. The first-order chi connectivity index (χ1) is 5.77. The lowest BCUT2D eigenvalue weighted by molar-refractivity contribution is 0.107. The van der Waals surface area contributed by atoms with E-state index in [1.165, 1.54) is 0 Å². The van der Waals surface area contributed by atoms with Crippen LogP contribution in [-0.4, -0.2) is 15.2 Å². The third kappa shape index (κ3) is 1.82. The number of hydrogen-bond acceptors (Lipinski definition) is 2. The first kappa shape index (κ1) is 10.0. The van der Waals surface area contributed by atoms with E-state index in [1.807, 2.05) is 24.3 Å². The van der Waals surface area contributed by atoms with Crippen LogP contribution in [0.15, 0.2) is 24.3 Å². The van der Waals surface area contributed by atoms with Gasteiger partial charge in [0.05, 0.1) is 11.0 Å². The fourth-order valence-electron chi connectivity index (χ4n) is 1.05. The van der Waals surface area contributed by atoms with Gasteiger partial charge in [0.1, 0.15) is 0 Å². The summed E-state index contributed by atoms with van der Waals surface area (Å²) in [6, 6.07) is 7.37. The molecule has 0 bridgehead atoms. The maximum Gasteiger partial charge on any atom is 0.287 e. The van der Waals surface area contributed by atoms with Crippen LogP contribution in [0.4, 0.5) is 0 Å². The zero-order valence-electron chi connectivity index (χ0n) is 6.45. The van der Waals surface area contributed by atoms with Gasteiger partial charge in [-0.1, -0.05) is 12.1 Å². The first-order valence-electron chi connectivity index (χ1n) is 3.42. The zero-order valence-corrected chi connectivity index (χ0v) is 8.02. The molecule has 3 nitrogen and oxygen atoms in total.